The van der Waals surface area contributed by atoms with Gasteiger partial charge >= 0.3 is 0 Å². The van der Waals surface area contributed by atoms with Crippen molar-refractivity contribution in [2.75, 3.05) is 13.6 Å². The van der Waals surface area contributed by atoms with Crippen molar-refractivity contribution in [3.8, 4) is 0 Å². The second-order valence-corrected chi connectivity index (χ2v) is 4.63. The molecule has 0 saturated heterocycles. The Morgan fingerprint density at radius 1 is 1.43 bits per heavy atom. The van der Waals surface area contributed by atoms with E-state index in [1.54, 1.807) is 0 Å². The van der Waals surface area contributed by atoms with Crippen LogP contribution in [0.1, 0.15) is 22.3 Å². The van der Waals surface area contributed by atoms with Gasteiger partial charge in [0, 0.05) is 29.5 Å². The fraction of sp³-hybridized carbons (Fsp3) is 0.364. The lowest BCUT2D eigenvalue weighted by atomic mass is 10.0. The predicted octanol–water partition coefficient (Wildman–Crippen LogP) is 2.47. The van der Waals surface area contributed by atoms with E-state index in [1.165, 1.54) is 0 Å². The van der Waals surface area contributed by atoms with Gasteiger partial charge in [-0.1, -0.05) is 15.9 Å². The van der Waals surface area contributed by atoms with Crippen LogP contribution in [0.15, 0.2) is 22.7 Å². The van der Waals surface area contributed by atoms with E-state index >= 15 is 0 Å². The first-order valence-electron chi connectivity index (χ1n) is 4.67. The van der Waals surface area contributed by atoms with E-state index in [1.807, 2.05) is 25.2 Å². The Hall–Kier alpha value is -0.670. The lowest BCUT2D eigenvalue weighted by Gasteiger charge is -2.12. The molecule has 2 rings (SSSR count). The molecule has 0 unspecified atom stereocenters. The average Bonchev–Trinajstić information content (AvgIpc) is 2.26. The molecule has 1 aliphatic rings. The number of nitrogens with zero attached hydrogens (tertiary/aromatic N) is 1. The Balaban J connectivity index is 2.47. The van der Waals surface area contributed by atoms with E-state index in [0.29, 0.717) is 6.42 Å². The molecule has 0 atom stereocenters. The fourth-order valence-electron chi connectivity index (χ4n) is 1.76. The molecular weight excluding hydrogens is 242 g/mol. The third kappa shape index (κ3) is 1.88. The molecular formula is C11H12BrNO. The van der Waals surface area contributed by atoms with E-state index in [2.05, 4.69) is 20.8 Å². The van der Waals surface area contributed by atoms with Crippen molar-refractivity contribution in [1.82, 2.24) is 4.90 Å². The molecule has 2 nitrogen and oxygen atoms in total. The van der Waals surface area contributed by atoms with Crippen molar-refractivity contribution < 1.29 is 4.79 Å². The Labute approximate surface area is 92.0 Å². The van der Waals surface area contributed by atoms with E-state index in [9.17, 15) is 4.79 Å². The first kappa shape index (κ1) is 9.87. The number of carbonyl (C=O) groups is 1. The number of rotatable bonds is 0. The number of benzene rings is 1. The van der Waals surface area contributed by atoms with Crippen LogP contribution in [0.3, 0.4) is 0 Å². The molecule has 1 heterocycles. The molecule has 0 spiro atoms. The second-order valence-electron chi connectivity index (χ2n) is 3.71. The van der Waals surface area contributed by atoms with Gasteiger partial charge < -0.3 is 4.90 Å². The lowest BCUT2D eigenvalue weighted by Crippen LogP contribution is -2.17. The fourth-order valence-corrected chi connectivity index (χ4v) is 2.17. The van der Waals surface area contributed by atoms with E-state index in [-0.39, 0.29) is 5.78 Å². The van der Waals surface area contributed by atoms with Crippen LogP contribution in [0.25, 0.3) is 0 Å². The monoisotopic (exact) mass is 253 g/mol. The standard InChI is InChI=1S/C11H12BrNO/c1-13-5-4-11(14)10-3-2-9(12)6-8(10)7-13/h2-3,6H,4-5,7H2,1H3. The lowest BCUT2D eigenvalue weighted by molar-refractivity contribution is 0.0976. The van der Waals surface area contributed by atoms with Gasteiger partial charge in [0.05, 0.1) is 0 Å². The maximum Gasteiger partial charge on any atom is 0.164 e. The molecule has 1 aliphatic heterocycles. The van der Waals surface area contributed by atoms with Crippen LogP contribution in [0.5, 0.6) is 0 Å². The molecule has 1 aromatic carbocycles. The summed E-state index contributed by atoms with van der Waals surface area (Å²) in [5.74, 6) is 0.261. The largest absolute Gasteiger partial charge is 0.302 e. The first-order chi connectivity index (χ1) is 6.66. The van der Waals surface area contributed by atoms with Gasteiger partial charge in [-0.2, -0.15) is 0 Å². The highest BCUT2D eigenvalue weighted by molar-refractivity contribution is 9.10. The van der Waals surface area contributed by atoms with Crippen LogP contribution >= 0.6 is 15.9 Å². The van der Waals surface area contributed by atoms with Gasteiger partial charge in [-0.15, -0.1) is 0 Å². The molecule has 0 aliphatic carbocycles. The molecule has 0 saturated carbocycles. The maximum atomic E-state index is 11.7. The summed E-state index contributed by atoms with van der Waals surface area (Å²) in [4.78, 5) is 13.9. The third-order valence-electron chi connectivity index (χ3n) is 2.53. The number of Topliss-reactive ketones (excluding diaryl/α,β-unsaturated/α-hetero) is 1. The number of halogens is 1. The van der Waals surface area contributed by atoms with Crippen LogP contribution in [0, 0.1) is 0 Å². The van der Waals surface area contributed by atoms with Crippen LogP contribution in [-0.2, 0) is 6.54 Å². The van der Waals surface area contributed by atoms with Crippen LogP contribution in [-0.4, -0.2) is 24.3 Å². The highest BCUT2D eigenvalue weighted by Crippen LogP contribution is 2.21. The molecule has 0 aromatic heterocycles. The van der Waals surface area contributed by atoms with Crippen molar-refractivity contribution in [3.63, 3.8) is 0 Å². The molecule has 74 valence electrons. The smallest absolute Gasteiger partial charge is 0.164 e. The molecule has 0 radical (unpaired) electrons. The van der Waals surface area contributed by atoms with Gasteiger partial charge in [0.2, 0.25) is 0 Å². The minimum atomic E-state index is 0.261. The SMILES string of the molecule is CN1CCC(=O)c2ccc(Br)cc2C1. The van der Waals surface area contributed by atoms with Gasteiger partial charge in [-0.05, 0) is 30.8 Å². The zero-order valence-corrected chi connectivity index (χ0v) is 9.67. The third-order valence-corrected chi connectivity index (χ3v) is 3.02. The van der Waals surface area contributed by atoms with E-state index in [0.717, 1.165) is 28.7 Å². The number of fused-ring (bicyclic) bond motifs is 1. The second kappa shape index (κ2) is 3.83. The Morgan fingerprint density at radius 2 is 2.21 bits per heavy atom. The number of ketones is 1. The zero-order chi connectivity index (χ0) is 10.1. The summed E-state index contributed by atoms with van der Waals surface area (Å²) < 4.78 is 1.04. The summed E-state index contributed by atoms with van der Waals surface area (Å²) in [6, 6.07) is 5.89. The van der Waals surface area contributed by atoms with Crippen LogP contribution < -0.4 is 0 Å². The Kier molecular flexibility index (Phi) is 2.70. The normalized spacial score (nSPS) is 17.7. The first-order valence-corrected chi connectivity index (χ1v) is 5.46. The van der Waals surface area contributed by atoms with Crippen molar-refractivity contribution >= 4 is 21.7 Å². The zero-order valence-electron chi connectivity index (χ0n) is 8.09. The molecule has 0 fully saturated rings. The topological polar surface area (TPSA) is 20.3 Å². The maximum absolute atomic E-state index is 11.7. The molecule has 1 aromatic rings. The van der Waals surface area contributed by atoms with Gasteiger partial charge in [-0.3, -0.25) is 4.79 Å². The van der Waals surface area contributed by atoms with Crippen molar-refractivity contribution in [2.24, 2.45) is 0 Å². The van der Waals surface area contributed by atoms with Crippen molar-refractivity contribution in [1.29, 1.82) is 0 Å². The highest BCUT2D eigenvalue weighted by Gasteiger charge is 2.17. The summed E-state index contributed by atoms with van der Waals surface area (Å²) in [6.45, 7) is 1.71. The molecule has 0 bridgehead atoms. The van der Waals surface area contributed by atoms with Gasteiger partial charge in [0.1, 0.15) is 0 Å². The number of hydrogen-bond acceptors (Lipinski definition) is 2. The van der Waals surface area contributed by atoms with Gasteiger partial charge in [0.15, 0.2) is 5.78 Å². The van der Waals surface area contributed by atoms with Crippen LogP contribution in [0.4, 0.5) is 0 Å². The Morgan fingerprint density at radius 3 is 3.00 bits per heavy atom. The molecule has 0 N–H and O–H groups in total. The van der Waals surface area contributed by atoms with E-state index in [4.69, 9.17) is 0 Å². The summed E-state index contributed by atoms with van der Waals surface area (Å²) in [6.07, 6.45) is 0.630. The quantitative estimate of drug-likeness (QED) is 0.708. The van der Waals surface area contributed by atoms with Crippen molar-refractivity contribution in [3.05, 3.63) is 33.8 Å². The molecule has 0 amide bonds. The highest BCUT2D eigenvalue weighted by atomic mass is 79.9. The van der Waals surface area contributed by atoms with Gasteiger partial charge in [0.25, 0.3) is 0 Å². The summed E-state index contributed by atoms with van der Waals surface area (Å²) in [5, 5.41) is 0. The summed E-state index contributed by atoms with van der Waals surface area (Å²) in [7, 11) is 2.04. The number of carbonyl (C=O) groups excluding carboxylic acids is 1. The minimum absolute atomic E-state index is 0.261. The summed E-state index contributed by atoms with van der Waals surface area (Å²) in [5.41, 5.74) is 2.02. The average molecular weight is 254 g/mol. The minimum Gasteiger partial charge on any atom is -0.302 e. The predicted molar refractivity (Wildman–Crippen MR) is 59.4 cm³/mol. The van der Waals surface area contributed by atoms with Crippen LogP contribution in [0.2, 0.25) is 0 Å². The van der Waals surface area contributed by atoms with Crippen molar-refractivity contribution in [2.45, 2.75) is 13.0 Å². The Bertz CT molecular complexity index is 376. The van der Waals surface area contributed by atoms with Gasteiger partial charge in [-0.25, -0.2) is 0 Å². The summed E-state index contributed by atoms with van der Waals surface area (Å²) >= 11 is 3.43. The van der Waals surface area contributed by atoms with E-state index < -0.39 is 0 Å². The molecule has 3 heteroatoms. The number of hydrogen-bond donors (Lipinski definition) is 0. The molecule has 14 heavy (non-hydrogen) atoms.